The number of hydrogen-bond acceptors (Lipinski definition) is 6. The predicted molar refractivity (Wildman–Crippen MR) is 108 cm³/mol. The summed E-state index contributed by atoms with van der Waals surface area (Å²) in [6.07, 6.45) is 19.1. The Kier molecular flexibility index (Phi) is 26.7. The number of hydrogen-bond donors (Lipinski definition) is 4. The molecule has 0 amide bonds. The molecule has 0 bridgehead atoms. The fourth-order valence-electron chi connectivity index (χ4n) is 2.74. The lowest BCUT2D eigenvalue weighted by atomic mass is 10.0. The van der Waals surface area contributed by atoms with Gasteiger partial charge in [-0.2, -0.15) is 5.26 Å². The Balaban J connectivity index is 0. The molecule has 0 aromatic rings. The van der Waals surface area contributed by atoms with E-state index in [1.54, 1.807) is 0 Å². The van der Waals surface area contributed by atoms with Gasteiger partial charge in [0.2, 0.25) is 0 Å². The first kappa shape index (κ1) is 28.5. The zero-order chi connectivity index (χ0) is 20.6. The van der Waals surface area contributed by atoms with Crippen LogP contribution in [0.4, 0.5) is 0 Å². The van der Waals surface area contributed by atoms with Crippen molar-refractivity contribution >= 4 is 5.97 Å². The summed E-state index contributed by atoms with van der Waals surface area (Å²) in [6.45, 7) is 1.54. The molecule has 0 aliphatic rings. The van der Waals surface area contributed by atoms with Crippen LogP contribution in [0.2, 0.25) is 0 Å². The minimum atomic E-state index is -0.954. The highest BCUT2D eigenvalue weighted by Crippen LogP contribution is 2.13. The Hall–Kier alpha value is -0.690. The first-order chi connectivity index (χ1) is 13.1. The van der Waals surface area contributed by atoms with Crippen molar-refractivity contribution in [2.75, 3.05) is 13.2 Å². The summed E-state index contributed by atoms with van der Waals surface area (Å²) in [5, 5.41) is 32.1. The van der Waals surface area contributed by atoms with Gasteiger partial charge in [-0.3, -0.25) is 0 Å². The smallest absolute Gasteiger partial charge is 0.342 e. The van der Waals surface area contributed by atoms with E-state index in [1.165, 1.54) is 83.5 Å². The van der Waals surface area contributed by atoms with Crippen molar-refractivity contribution in [1.82, 2.24) is 0 Å². The molecule has 0 aliphatic heterocycles. The van der Waals surface area contributed by atoms with E-state index in [4.69, 9.17) is 20.6 Å². The highest BCUT2D eigenvalue weighted by atomic mass is 17.1. The van der Waals surface area contributed by atoms with Gasteiger partial charge in [0.05, 0.1) is 13.2 Å². The fourth-order valence-corrected chi connectivity index (χ4v) is 2.74. The fraction of sp³-hybridized carbons (Fsp3) is 0.952. The van der Waals surface area contributed by atoms with Gasteiger partial charge in [0.15, 0.2) is 0 Å². The molecule has 0 atom stereocenters. The topological polar surface area (TPSA) is 107 Å². The van der Waals surface area contributed by atoms with Gasteiger partial charge in [-0.15, -0.1) is 0 Å². The minimum Gasteiger partial charge on any atom is -0.394 e. The lowest BCUT2D eigenvalue weighted by Gasteiger charge is -2.03. The lowest BCUT2D eigenvalue weighted by molar-refractivity contribution is -0.234. The van der Waals surface area contributed by atoms with E-state index in [0.717, 1.165) is 12.8 Å². The second-order valence-corrected chi connectivity index (χ2v) is 7.18. The summed E-state index contributed by atoms with van der Waals surface area (Å²) in [5.74, 6) is -0.510. The van der Waals surface area contributed by atoms with Crippen molar-refractivity contribution < 1.29 is 30.3 Å². The first-order valence-electron chi connectivity index (χ1n) is 10.9. The van der Waals surface area contributed by atoms with Crippen molar-refractivity contribution in [2.45, 2.75) is 116 Å². The SMILES string of the molecule is CCCCCCCCCCCCCCCCCC(=O)OO.OCC(O)CO. The van der Waals surface area contributed by atoms with Crippen LogP contribution in [-0.4, -0.2) is 45.9 Å². The van der Waals surface area contributed by atoms with E-state index in [1.807, 2.05) is 0 Å². The Morgan fingerprint density at radius 1 is 0.704 bits per heavy atom. The van der Waals surface area contributed by atoms with Gasteiger partial charge in [0.25, 0.3) is 0 Å². The van der Waals surface area contributed by atoms with Crippen LogP contribution in [0.5, 0.6) is 0 Å². The van der Waals surface area contributed by atoms with Crippen LogP contribution in [0.3, 0.4) is 0 Å². The highest BCUT2D eigenvalue weighted by molar-refractivity contribution is 5.68. The molecule has 4 N–H and O–H groups in total. The van der Waals surface area contributed by atoms with Crippen molar-refractivity contribution in [3.8, 4) is 0 Å². The van der Waals surface area contributed by atoms with Gasteiger partial charge < -0.3 is 20.2 Å². The molecule has 0 spiro atoms. The Morgan fingerprint density at radius 3 is 1.30 bits per heavy atom. The van der Waals surface area contributed by atoms with Crippen LogP contribution in [0.1, 0.15) is 110 Å². The summed E-state index contributed by atoms with van der Waals surface area (Å²) in [5.41, 5.74) is 0. The number of rotatable bonds is 18. The lowest BCUT2D eigenvalue weighted by Crippen LogP contribution is -2.15. The molecule has 6 heteroatoms. The minimum absolute atomic E-state index is 0.342. The van der Waals surface area contributed by atoms with Crippen molar-refractivity contribution in [2.24, 2.45) is 0 Å². The average molecular weight is 393 g/mol. The zero-order valence-corrected chi connectivity index (χ0v) is 17.4. The van der Waals surface area contributed by atoms with E-state index < -0.39 is 12.1 Å². The Labute approximate surface area is 165 Å². The van der Waals surface area contributed by atoms with Gasteiger partial charge in [-0.05, 0) is 6.42 Å². The maximum Gasteiger partial charge on any atom is 0.342 e. The molecule has 0 aromatic heterocycles. The van der Waals surface area contributed by atoms with E-state index in [2.05, 4.69) is 11.8 Å². The second-order valence-electron chi connectivity index (χ2n) is 7.18. The molecular weight excluding hydrogens is 348 g/mol. The molecular formula is C21H44O6. The van der Waals surface area contributed by atoms with Crippen LogP contribution >= 0.6 is 0 Å². The molecule has 0 radical (unpaired) electrons. The molecule has 0 rings (SSSR count). The van der Waals surface area contributed by atoms with Crippen molar-refractivity contribution in [3.63, 3.8) is 0 Å². The standard InChI is InChI=1S/C18H36O3.C3H8O3/c1-2-3-4-5-6-7-8-9-10-11-12-13-14-15-16-17-18(19)21-20;4-1-3(6)2-5/h20H,2-17H2,1H3;3-6H,1-2H2. The predicted octanol–water partition coefficient (Wildman–Crippen LogP) is 4.60. The van der Waals surface area contributed by atoms with Crippen LogP contribution in [-0.2, 0) is 9.68 Å². The first-order valence-corrected chi connectivity index (χ1v) is 10.9. The Morgan fingerprint density at radius 2 is 1.04 bits per heavy atom. The molecule has 27 heavy (non-hydrogen) atoms. The van der Waals surface area contributed by atoms with Crippen LogP contribution in [0.15, 0.2) is 0 Å². The van der Waals surface area contributed by atoms with Crippen molar-refractivity contribution in [3.05, 3.63) is 0 Å². The van der Waals surface area contributed by atoms with Crippen LogP contribution < -0.4 is 0 Å². The van der Waals surface area contributed by atoms with Gasteiger partial charge in [0.1, 0.15) is 6.10 Å². The summed E-state index contributed by atoms with van der Waals surface area (Å²) in [4.78, 5) is 14.3. The van der Waals surface area contributed by atoms with Gasteiger partial charge in [-0.25, -0.2) is 4.79 Å². The largest absolute Gasteiger partial charge is 0.394 e. The summed E-state index contributed by atoms with van der Waals surface area (Å²) < 4.78 is 0. The molecule has 6 nitrogen and oxygen atoms in total. The van der Waals surface area contributed by atoms with Gasteiger partial charge >= 0.3 is 5.97 Å². The number of aliphatic hydroxyl groups excluding tert-OH is 3. The zero-order valence-electron chi connectivity index (χ0n) is 17.4. The van der Waals surface area contributed by atoms with E-state index >= 15 is 0 Å². The molecule has 0 saturated heterocycles. The number of aliphatic hydroxyl groups is 3. The third-order valence-electron chi connectivity index (χ3n) is 4.51. The van der Waals surface area contributed by atoms with E-state index in [9.17, 15) is 4.79 Å². The molecule has 0 heterocycles. The second kappa shape index (κ2) is 25.3. The Bertz CT molecular complexity index is 282. The normalized spacial score (nSPS) is 10.6. The molecule has 0 fully saturated rings. The maximum atomic E-state index is 10.7. The third-order valence-corrected chi connectivity index (χ3v) is 4.51. The molecule has 0 aliphatic carbocycles. The van der Waals surface area contributed by atoms with E-state index in [-0.39, 0.29) is 13.2 Å². The highest BCUT2D eigenvalue weighted by Gasteiger charge is 2.00. The molecule has 0 aromatic carbocycles. The summed E-state index contributed by atoms with van der Waals surface area (Å²) >= 11 is 0. The van der Waals surface area contributed by atoms with E-state index in [0.29, 0.717) is 6.42 Å². The molecule has 164 valence electrons. The molecule has 0 unspecified atom stereocenters. The quantitative estimate of drug-likeness (QED) is 0.154. The number of carbonyl (C=O) groups excluding carboxylic acids is 1. The number of unbranched alkanes of at least 4 members (excludes halogenated alkanes) is 14. The molecule has 0 saturated carbocycles. The number of carbonyl (C=O) groups is 1. The third kappa shape index (κ3) is 27.6. The summed E-state index contributed by atoms with van der Waals surface area (Å²) in [7, 11) is 0. The van der Waals surface area contributed by atoms with Crippen LogP contribution in [0.25, 0.3) is 0 Å². The van der Waals surface area contributed by atoms with Crippen LogP contribution in [0, 0.1) is 0 Å². The average Bonchev–Trinajstić information content (AvgIpc) is 2.70. The van der Waals surface area contributed by atoms with Gasteiger partial charge in [-0.1, -0.05) is 96.8 Å². The van der Waals surface area contributed by atoms with Crippen molar-refractivity contribution in [1.29, 1.82) is 0 Å². The monoisotopic (exact) mass is 392 g/mol. The van der Waals surface area contributed by atoms with Gasteiger partial charge in [0, 0.05) is 6.42 Å². The summed E-state index contributed by atoms with van der Waals surface area (Å²) in [6, 6.07) is 0. The maximum absolute atomic E-state index is 10.7.